The first-order valence-corrected chi connectivity index (χ1v) is 12.8. The summed E-state index contributed by atoms with van der Waals surface area (Å²) in [7, 11) is -3.51. The van der Waals surface area contributed by atoms with Crippen LogP contribution in [0.1, 0.15) is 19.4 Å². The first-order chi connectivity index (χ1) is 14.9. The number of nitrogens with zero attached hydrogens (tertiary/aromatic N) is 2. The lowest BCUT2D eigenvalue weighted by Crippen LogP contribution is -2.31. The maximum atomic E-state index is 12.9. The summed E-state index contributed by atoms with van der Waals surface area (Å²) in [5, 5.41) is 0. The van der Waals surface area contributed by atoms with E-state index >= 15 is 0 Å². The number of amides is 1. The molecular formula is C22H26N2O5S2. The molecule has 0 fully saturated rings. The van der Waals surface area contributed by atoms with E-state index in [4.69, 9.17) is 9.47 Å². The number of thioether (sulfide) groups is 1. The molecule has 2 aliphatic heterocycles. The number of anilines is 1. The fourth-order valence-corrected chi connectivity index (χ4v) is 6.16. The Bertz CT molecular complexity index is 1080. The third-order valence-corrected chi connectivity index (χ3v) is 8.49. The van der Waals surface area contributed by atoms with E-state index in [1.54, 1.807) is 23.1 Å². The Morgan fingerprint density at radius 2 is 1.81 bits per heavy atom. The maximum Gasteiger partial charge on any atom is 0.243 e. The Morgan fingerprint density at radius 1 is 1.06 bits per heavy atom. The second-order valence-electron chi connectivity index (χ2n) is 7.27. The van der Waals surface area contributed by atoms with E-state index in [1.807, 2.05) is 32.0 Å². The van der Waals surface area contributed by atoms with Gasteiger partial charge >= 0.3 is 0 Å². The van der Waals surface area contributed by atoms with Gasteiger partial charge in [-0.1, -0.05) is 13.8 Å². The van der Waals surface area contributed by atoms with Crippen molar-refractivity contribution in [1.29, 1.82) is 0 Å². The predicted octanol–water partition coefficient (Wildman–Crippen LogP) is 3.17. The molecule has 166 valence electrons. The van der Waals surface area contributed by atoms with Gasteiger partial charge in [-0.25, -0.2) is 8.42 Å². The second-order valence-corrected chi connectivity index (χ2v) is 10.3. The SMILES string of the molecule is CCN(CC)S(=O)(=O)c1ccc2c(c1)CCN2C(=O)CSc1ccc2c(c1)OCCO2. The van der Waals surface area contributed by atoms with Crippen LogP contribution < -0.4 is 14.4 Å². The third-order valence-electron chi connectivity index (χ3n) is 5.47. The predicted molar refractivity (Wildman–Crippen MR) is 121 cm³/mol. The van der Waals surface area contributed by atoms with Crippen LogP contribution in [0.4, 0.5) is 5.69 Å². The molecule has 2 aliphatic rings. The number of hydrogen-bond donors (Lipinski definition) is 0. The molecule has 2 aromatic carbocycles. The number of hydrogen-bond acceptors (Lipinski definition) is 6. The summed E-state index contributed by atoms with van der Waals surface area (Å²) in [6, 6.07) is 10.8. The highest BCUT2D eigenvalue weighted by molar-refractivity contribution is 8.00. The van der Waals surface area contributed by atoms with E-state index in [2.05, 4.69) is 0 Å². The fourth-order valence-electron chi connectivity index (χ4n) is 3.85. The monoisotopic (exact) mass is 462 g/mol. The van der Waals surface area contributed by atoms with Gasteiger partial charge in [-0.3, -0.25) is 4.79 Å². The van der Waals surface area contributed by atoms with Crippen molar-refractivity contribution in [3.05, 3.63) is 42.0 Å². The number of sulfonamides is 1. The molecule has 2 heterocycles. The van der Waals surface area contributed by atoms with Gasteiger partial charge in [0.2, 0.25) is 15.9 Å². The molecule has 0 N–H and O–H groups in total. The van der Waals surface area contributed by atoms with Gasteiger partial charge in [-0.2, -0.15) is 4.31 Å². The van der Waals surface area contributed by atoms with Gasteiger partial charge in [0.1, 0.15) is 13.2 Å². The van der Waals surface area contributed by atoms with Crippen molar-refractivity contribution in [1.82, 2.24) is 4.31 Å². The van der Waals surface area contributed by atoms with Crippen LogP contribution in [-0.4, -0.2) is 57.2 Å². The molecule has 31 heavy (non-hydrogen) atoms. The number of carbonyl (C=O) groups is 1. The average Bonchev–Trinajstić information content (AvgIpc) is 3.21. The van der Waals surface area contributed by atoms with Crippen molar-refractivity contribution in [2.45, 2.75) is 30.1 Å². The highest BCUT2D eigenvalue weighted by atomic mass is 32.2. The zero-order chi connectivity index (χ0) is 22.0. The molecule has 0 unspecified atom stereocenters. The van der Waals surface area contributed by atoms with Crippen LogP contribution in [0.5, 0.6) is 11.5 Å². The van der Waals surface area contributed by atoms with E-state index in [1.165, 1.54) is 16.1 Å². The van der Waals surface area contributed by atoms with E-state index in [0.29, 0.717) is 50.8 Å². The zero-order valence-corrected chi connectivity index (χ0v) is 19.3. The third kappa shape index (κ3) is 4.40. The lowest BCUT2D eigenvalue weighted by Gasteiger charge is -2.20. The van der Waals surface area contributed by atoms with Crippen LogP contribution in [0.2, 0.25) is 0 Å². The van der Waals surface area contributed by atoms with Crippen molar-refractivity contribution in [3.63, 3.8) is 0 Å². The molecule has 2 aromatic rings. The number of benzene rings is 2. The summed E-state index contributed by atoms with van der Waals surface area (Å²) in [6.07, 6.45) is 0.650. The minimum Gasteiger partial charge on any atom is -0.486 e. The Hall–Kier alpha value is -2.23. The van der Waals surface area contributed by atoms with Crippen molar-refractivity contribution in [2.24, 2.45) is 0 Å². The average molecular weight is 463 g/mol. The summed E-state index contributed by atoms with van der Waals surface area (Å²) < 4.78 is 38.2. The molecule has 0 spiro atoms. The van der Waals surface area contributed by atoms with Gasteiger partial charge in [-0.05, 0) is 48.4 Å². The molecule has 0 radical (unpaired) electrons. The molecule has 1 amide bonds. The Balaban J connectivity index is 1.45. The van der Waals surface area contributed by atoms with Crippen molar-refractivity contribution in [3.8, 4) is 11.5 Å². The summed E-state index contributed by atoms with van der Waals surface area (Å²) in [4.78, 5) is 15.8. The fraction of sp³-hybridized carbons (Fsp3) is 0.409. The molecule has 0 saturated heterocycles. The Kier molecular flexibility index (Phi) is 6.45. The van der Waals surface area contributed by atoms with Gasteiger partial charge in [0, 0.05) is 30.2 Å². The van der Waals surface area contributed by atoms with Crippen molar-refractivity contribution in [2.75, 3.05) is 43.5 Å². The minimum absolute atomic E-state index is 0.00186. The van der Waals surface area contributed by atoms with Crippen LogP contribution in [0, 0.1) is 0 Å². The first-order valence-electron chi connectivity index (χ1n) is 10.4. The quantitative estimate of drug-likeness (QED) is 0.589. The normalized spacial score (nSPS) is 15.3. The van der Waals surface area contributed by atoms with Gasteiger partial charge in [-0.15, -0.1) is 11.8 Å². The standard InChI is InChI=1S/C22H26N2O5S2/c1-3-23(4-2)31(26,27)18-6-7-19-16(13-18)9-10-24(19)22(25)15-30-17-5-8-20-21(14-17)29-12-11-28-20/h5-8,13-14H,3-4,9-12,15H2,1-2H3. The second kappa shape index (κ2) is 9.10. The molecule has 4 rings (SSSR count). The Morgan fingerprint density at radius 3 is 2.55 bits per heavy atom. The van der Waals surface area contributed by atoms with E-state index in [9.17, 15) is 13.2 Å². The molecule has 0 bridgehead atoms. The lowest BCUT2D eigenvalue weighted by atomic mass is 10.2. The minimum atomic E-state index is -3.51. The molecule has 0 aromatic heterocycles. The highest BCUT2D eigenvalue weighted by Crippen LogP contribution is 2.35. The first kappa shape index (κ1) is 22.0. The van der Waals surface area contributed by atoms with Crippen LogP contribution in [0.25, 0.3) is 0 Å². The largest absolute Gasteiger partial charge is 0.486 e. The van der Waals surface area contributed by atoms with Crippen molar-refractivity contribution < 1.29 is 22.7 Å². The number of fused-ring (bicyclic) bond motifs is 2. The Labute approximate surface area is 187 Å². The topological polar surface area (TPSA) is 76.2 Å². The number of ether oxygens (including phenoxy) is 2. The molecule has 0 saturated carbocycles. The summed E-state index contributed by atoms with van der Waals surface area (Å²) in [6.45, 7) is 6.14. The molecular weight excluding hydrogens is 436 g/mol. The van der Waals surface area contributed by atoms with Crippen LogP contribution in [0.15, 0.2) is 46.2 Å². The van der Waals surface area contributed by atoms with Crippen molar-refractivity contribution >= 4 is 33.4 Å². The summed E-state index contributed by atoms with van der Waals surface area (Å²) in [5.41, 5.74) is 1.69. The smallest absolute Gasteiger partial charge is 0.243 e. The van der Waals surface area contributed by atoms with Gasteiger partial charge in [0.05, 0.1) is 10.6 Å². The van der Waals surface area contributed by atoms with E-state index in [-0.39, 0.29) is 10.8 Å². The highest BCUT2D eigenvalue weighted by Gasteiger charge is 2.28. The molecule has 9 heteroatoms. The van der Waals surface area contributed by atoms with E-state index in [0.717, 1.165) is 21.9 Å². The zero-order valence-electron chi connectivity index (χ0n) is 17.7. The van der Waals surface area contributed by atoms with Crippen LogP contribution in [-0.2, 0) is 21.2 Å². The molecule has 0 atom stereocenters. The molecule has 0 aliphatic carbocycles. The number of carbonyl (C=O) groups excluding carboxylic acids is 1. The maximum absolute atomic E-state index is 12.9. The van der Waals surface area contributed by atoms with Crippen LogP contribution in [0.3, 0.4) is 0 Å². The molecule has 7 nitrogen and oxygen atoms in total. The summed E-state index contributed by atoms with van der Waals surface area (Å²) >= 11 is 1.45. The summed E-state index contributed by atoms with van der Waals surface area (Å²) in [5.74, 6) is 1.72. The lowest BCUT2D eigenvalue weighted by molar-refractivity contribution is -0.116. The van der Waals surface area contributed by atoms with Crippen LogP contribution >= 0.6 is 11.8 Å². The van der Waals surface area contributed by atoms with Gasteiger partial charge < -0.3 is 14.4 Å². The van der Waals surface area contributed by atoms with Gasteiger partial charge in [0.15, 0.2) is 11.5 Å². The van der Waals surface area contributed by atoms with Gasteiger partial charge in [0.25, 0.3) is 0 Å². The van der Waals surface area contributed by atoms with E-state index < -0.39 is 10.0 Å². The number of rotatable bonds is 7.